The number of unbranched alkanes of at least 4 members (excludes halogenated alkanes) is 32. The van der Waals surface area contributed by atoms with Crippen LogP contribution in [0.3, 0.4) is 0 Å². The van der Waals surface area contributed by atoms with Gasteiger partial charge in [-0.25, -0.2) is 0 Å². The van der Waals surface area contributed by atoms with Gasteiger partial charge in [0.05, 0.1) is 0 Å². The molecule has 0 aliphatic rings. The number of hydrogen-bond acceptors (Lipinski definition) is 0. The van der Waals surface area contributed by atoms with Crippen LogP contribution in [0.1, 0.15) is 445 Å². The summed E-state index contributed by atoms with van der Waals surface area (Å²) in [4.78, 5) is 0. The van der Waals surface area contributed by atoms with Gasteiger partial charge in [-0.15, -0.1) is 0 Å². The Morgan fingerprint density at radius 1 is 0.198 bits per heavy atom. The maximum absolute atomic E-state index is 4.04. The molecule has 4 atom stereocenters. The zero-order valence-electron chi connectivity index (χ0n) is 60.0. The van der Waals surface area contributed by atoms with Gasteiger partial charge in [0.25, 0.3) is 0 Å². The van der Waals surface area contributed by atoms with E-state index in [0.29, 0.717) is 21.7 Å². The van der Waals surface area contributed by atoms with Crippen LogP contribution >= 0.6 is 0 Å². The summed E-state index contributed by atoms with van der Waals surface area (Å²) in [5, 5.41) is 0. The van der Waals surface area contributed by atoms with Crippen LogP contribution in [0.25, 0.3) is 0 Å². The summed E-state index contributed by atoms with van der Waals surface area (Å²) in [6.45, 7) is 48.9. The minimum absolute atomic E-state index is 0. The van der Waals surface area contributed by atoms with E-state index in [0.717, 1.165) is 48.3 Å². The largest absolute Gasteiger partial charge is 2.00 e. The van der Waals surface area contributed by atoms with Crippen LogP contribution in [-0.2, 0) is 16.8 Å². The van der Waals surface area contributed by atoms with Gasteiger partial charge in [0, 0.05) is 0 Å². The average Bonchev–Trinajstić information content (AvgIpc) is 3.42. The Kier molecular flexibility index (Phi) is 60.3. The van der Waals surface area contributed by atoms with Gasteiger partial charge in [-0.05, 0) is 95.7 Å². The van der Waals surface area contributed by atoms with E-state index in [9.17, 15) is 0 Å². The Morgan fingerprint density at radius 2 is 0.358 bits per heavy atom. The third-order valence-corrected chi connectivity index (χ3v) is 22.0. The quantitative estimate of drug-likeness (QED) is 0.0421. The Hall–Kier alpha value is 0.506. The SMILES string of the molecule is [CH2-]CCCCCCCCC(C(C)(C)C(CCC)CCCCCCCC)C(C)(C)C(CCC)CCCCCCCC.[CH2-]CCCCCCCCC(C(C)(C)C(CCC)CCCCCCCC)C(C)(C)C(CCC)CCCCCCCC.[Co+2]. The Morgan fingerprint density at radius 3 is 0.531 bits per heavy atom. The first-order valence-electron chi connectivity index (χ1n) is 38.0. The third-order valence-electron chi connectivity index (χ3n) is 22.0. The summed E-state index contributed by atoms with van der Waals surface area (Å²) in [5.41, 5.74) is 1.68. The van der Waals surface area contributed by atoms with Gasteiger partial charge in [-0.2, -0.15) is 12.8 Å². The molecule has 0 rings (SSSR count). The van der Waals surface area contributed by atoms with E-state index < -0.39 is 0 Å². The molecule has 0 saturated carbocycles. The van der Waals surface area contributed by atoms with Crippen molar-refractivity contribution in [2.75, 3.05) is 0 Å². The molecule has 4 unspecified atom stereocenters. The minimum Gasteiger partial charge on any atom is -0.343 e. The van der Waals surface area contributed by atoms with Gasteiger partial charge in [0.15, 0.2) is 0 Å². The molecule has 491 valence electrons. The predicted molar refractivity (Wildman–Crippen MR) is 372 cm³/mol. The third kappa shape index (κ3) is 40.6. The molecule has 0 spiro atoms. The molecule has 1 radical (unpaired) electrons. The van der Waals surface area contributed by atoms with Crippen molar-refractivity contribution in [2.45, 2.75) is 445 Å². The summed E-state index contributed by atoms with van der Waals surface area (Å²) >= 11 is 0. The van der Waals surface area contributed by atoms with Gasteiger partial charge in [0.1, 0.15) is 0 Å². The van der Waals surface area contributed by atoms with Crippen LogP contribution in [0, 0.1) is 71.0 Å². The van der Waals surface area contributed by atoms with Gasteiger partial charge < -0.3 is 13.8 Å². The smallest absolute Gasteiger partial charge is 0.343 e. The molecular weight excluding hydrogens is 1020 g/mol. The van der Waals surface area contributed by atoms with Crippen LogP contribution < -0.4 is 0 Å². The molecule has 0 fully saturated rings. The molecule has 0 bridgehead atoms. The van der Waals surface area contributed by atoms with Crippen molar-refractivity contribution >= 4 is 0 Å². The summed E-state index contributed by atoms with van der Waals surface area (Å²) in [6, 6.07) is 0. The topological polar surface area (TPSA) is 0 Å². The maximum atomic E-state index is 4.04. The van der Waals surface area contributed by atoms with Gasteiger partial charge in [-0.3, -0.25) is 0 Å². The summed E-state index contributed by atoms with van der Waals surface area (Å²) in [6.07, 6.45) is 73.2. The summed E-state index contributed by atoms with van der Waals surface area (Å²) < 4.78 is 0. The van der Waals surface area contributed by atoms with Crippen molar-refractivity contribution in [1.29, 1.82) is 0 Å². The molecule has 0 aliphatic heterocycles. The van der Waals surface area contributed by atoms with E-state index in [1.54, 1.807) is 0 Å². The van der Waals surface area contributed by atoms with E-state index in [1.807, 2.05) is 0 Å². The molecule has 0 aromatic heterocycles. The molecular formula is C80H162Co. The predicted octanol–water partition coefficient (Wildman–Crippen LogP) is 29.9. The fourth-order valence-corrected chi connectivity index (χ4v) is 16.6. The first-order valence-corrected chi connectivity index (χ1v) is 38.0. The number of rotatable bonds is 60. The Labute approximate surface area is 529 Å². The fraction of sp³-hybridized carbons (Fsp3) is 0.975. The second-order valence-corrected chi connectivity index (χ2v) is 30.1. The van der Waals surface area contributed by atoms with Crippen molar-refractivity contribution in [3.63, 3.8) is 0 Å². The van der Waals surface area contributed by atoms with Crippen molar-refractivity contribution in [1.82, 2.24) is 0 Å². The van der Waals surface area contributed by atoms with Gasteiger partial charge in [0.2, 0.25) is 0 Å². The first-order chi connectivity index (χ1) is 38.5. The Bertz CT molecular complexity index is 1050. The molecule has 0 aromatic carbocycles. The molecule has 0 nitrogen and oxygen atoms in total. The summed E-state index contributed by atoms with van der Waals surface area (Å²) in [7, 11) is 0. The van der Waals surface area contributed by atoms with Crippen LogP contribution in [-0.4, -0.2) is 0 Å². The van der Waals surface area contributed by atoms with Crippen molar-refractivity contribution in [2.24, 2.45) is 57.2 Å². The van der Waals surface area contributed by atoms with Gasteiger partial charge >= 0.3 is 16.8 Å². The average molecular weight is 1180 g/mol. The molecule has 1 heteroatoms. The van der Waals surface area contributed by atoms with E-state index in [1.165, 1.54) is 321 Å². The molecule has 81 heavy (non-hydrogen) atoms. The zero-order valence-corrected chi connectivity index (χ0v) is 61.0. The minimum atomic E-state index is 0. The van der Waals surface area contributed by atoms with Crippen LogP contribution in [0.4, 0.5) is 0 Å². The molecule has 0 N–H and O–H groups in total. The first kappa shape index (κ1) is 85.7. The standard InChI is InChI=1S/2C40H81.Co/c2*1-10-15-18-21-24-27-30-35-38(39(6,7)36(31-13-4)33-28-25-22-19-16-11-2)40(8,9)37(32-14-5)34-29-26-23-20-17-12-3;/h2*36-38H,1,10-35H2,2-9H3;/q2*-1;+2. The van der Waals surface area contributed by atoms with Crippen molar-refractivity contribution in [3.8, 4) is 0 Å². The fourth-order valence-electron chi connectivity index (χ4n) is 16.6. The van der Waals surface area contributed by atoms with Crippen LogP contribution in [0.2, 0.25) is 0 Å². The molecule has 0 saturated heterocycles. The molecule has 0 amide bonds. The van der Waals surface area contributed by atoms with Gasteiger partial charge in [-0.1, -0.05) is 393 Å². The van der Waals surface area contributed by atoms with Crippen molar-refractivity contribution in [3.05, 3.63) is 13.8 Å². The molecule has 0 aliphatic carbocycles. The number of hydrogen-bond donors (Lipinski definition) is 0. The second kappa shape index (κ2) is 57.0. The van der Waals surface area contributed by atoms with E-state index in [2.05, 4.69) is 125 Å². The van der Waals surface area contributed by atoms with Crippen LogP contribution in [0.5, 0.6) is 0 Å². The normalized spacial score (nSPS) is 14.7. The summed E-state index contributed by atoms with van der Waals surface area (Å²) in [5.74, 6) is 5.16. The molecule has 0 heterocycles. The van der Waals surface area contributed by atoms with Crippen LogP contribution in [0.15, 0.2) is 0 Å². The Balaban J connectivity index is -0.00000148. The van der Waals surface area contributed by atoms with E-state index in [4.69, 9.17) is 0 Å². The van der Waals surface area contributed by atoms with Crippen molar-refractivity contribution < 1.29 is 16.8 Å². The molecule has 0 aromatic rings. The van der Waals surface area contributed by atoms with E-state index >= 15 is 0 Å². The maximum Gasteiger partial charge on any atom is 2.00 e. The monoisotopic (exact) mass is 1180 g/mol. The second-order valence-electron chi connectivity index (χ2n) is 30.1. The zero-order chi connectivity index (χ0) is 60.2. The van der Waals surface area contributed by atoms with E-state index in [-0.39, 0.29) is 16.8 Å².